The molecule has 10 heteroatoms. The Kier molecular flexibility index (Phi) is 8.45. The first-order chi connectivity index (χ1) is 17.8. The average Bonchev–Trinajstić information content (AvgIpc) is 3.23. The van der Waals surface area contributed by atoms with Crippen LogP contribution in [0.15, 0.2) is 50.9 Å². The summed E-state index contributed by atoms with van der Waals surface area (Å²) in [5.41, 5.74) is 2.99. The third kappa shape index (κ3) is 6.11. The summed E-state index contributed by atoms with van der Waals surface area (Å²) < 4.78 is 7.10. The monoisotopic (exact) mass is 639 g/mol. The second kappa shape index (κ2) is 11.7. The van der Waals surface area contributed by atoms with Gasteiger partial charge in [0.1, 0.15) is 35.1 Å². The number of carboxylic acids is 1. The van der Waals surface area contributed by atoms with E-state index in [1.165, 1.54) is 29.5 Å². The molecule has 1 amide bonds. The van der Waals surface area contributed by atoms with E-state index in [4.69, 9.17) is 9.84 Å². The summed E-state index contributed by atoms with van der Waals surface area (Å²) in [4.78, 5) is 25.0. The van der Waals surface area contributed by atoms with E-state index in [9.17, 15) is 20.1 Å². The van der Waals surface area contributed by atoms with E-state index in [2.05, 4.69) is 43.2 Å². The van der Waals surface area contributed by atoms with Gasteiger partial charge in [-0.15, -0.1) is 11.3 Å². The second-order valence-electron chi connectivity index (χ2n) is 8.26. The number of hydrogen-bond donors (Lipinski definition) is 2. The molecule has 0 radical (unpaired) electrons. The molecule has 0 bridgehead atoms. The van der Waals surface area contributed by atoms with Gasteiger partial charge in [0.2, 0.25) is 0 Å². The third-order valence-corrected chi connectivity index (χ3v) is 8.18. The van der Waals surface area contributed by atoms with E-state index in [-0.39, 0.29) is 17.7 Å². The number of thiophene rings is 1. The van der Waals surface area contributed by atoms with Gasteiger partial charge in [-0.1, -0.05) is 12.1 Å². The Morgan fingerprint density at radius 3 is 2.41 bits per heavy atom. The van der Waals surface area contributed by atoms with Gasteiger partial charge in [-0.2, -0.15) is 10.5 Å². The predicted molar refractivity (Wildman–Crippen MR) is 147 cm³/mol. The number of rotatable bonds is 7. The molecule has 2 aromatic carbocycles. The average molecular weight is 641 g/mol. The number of nitrogens with zero attached hydrogens (tertiary/aromatic N) is 2. The van der Waals surface area contributed by atoms with Gasteiger partial charge in [-0.25, -0.2) is 4.79 Å². The molecule has 1 heterocycles. The number of anilines is 1. The van der Waals surface area contributed by atoms with Gasteiger partial charge < -0.3 is 15.2 Å². The first-order valence-corrected chi connectivity index (χ1v) is 13.6. The Bertz CT molecular complexity index is 1470. The number of amides is 1. The molecular formula is C27H19Br2N3O4S. The molecule has 0 unspecified atom stereocenters. The quantitative estimate of drug-likeness (QED) is 0.215. The molecule has 3 aromatic rings. The molecular weight excluding hydrogens is 622 g/mol. The lowest BCUT2D eigenvalue weighted by Crippen LogP contribution is -2.13. The van der Waals surface area contributed by atoms with Gasteiger partial charge in [0.25, 0.3) is 5.91 Å². The Morgan fingerprint density at radius 2 is 1.78 bits per heavy atom. The highest BCUT2D eigenvalue weighted by Gasteiger charge is 2.23. The second-order valence-corrected chi connectivity index (χ2v) is 11.1. The van der Waals surface area contributed by atoms with Crippen molar-refractivity contribution in [2.45, 2.75) is 32.3 Å². The number of hydrogen-bond acceptors (Lipinski definition) is 6. The lowest BCUT2D eigenvalue weighted by Gasteiger charge is -2.12. The number of ether oxygens (including phenoxy) is 1. The maximum atomic E-state index is 12.9. The molecule has 37 heavy (non-hydrogen) atoms. The van der Waals surface area contributed by atoms with Gasteiger partial charge in [0.05, 0.1) is 20.1 Å². The maximum absolute atomic E-state index is 12.9. The van der Waals surface area contributed by atoms with Crippen molar-refractivity contribution in [2.24, 2.45) is 0 Å². The highest BCUT2D eigenvalue weighted by Crippen LogP contribution is 2.38. The van der Waals surface area contributed by atoms with Gasteiger partial charge in [-0.05, 0) is 105 Å². The summed E-state index contributed by atoms with van der Waals surface area (Å²) in [6.45, 7) is 0.212. The highest BCUT2D eigenvalue weighted by molar-refractivity contribution is 9.11. The number of nitriles is 2. The Balaban J connectivity index is 1.50. The van der Waals surface area contributed by atoms with E-state index in [0.717, 1.165) is 41.7 Å². The van der Waals surface area contributed by atoms with Crippen LogP contribution in [0.2, 0.25) is 0 Å². The number of carboxylic acid groups (broad SMARTS) is 1. The van der Waals surface area contributed by atoms with E-state index in [1.54, 1.807) is 24.3 Å². The number of carbonyl (C=O) groups excluding carboxylic acids is 1. The topological polar surface area (TPSA) is 123 Å². The van der Waals surface area contributed by atoms with Crippen LogP contribution in [-0.4, -0.2) is 17.0 Å². The largest absolute Gasteiger partial charge is 0.487 e. The molecule has 0 atom stereocenters. The molecule has 1 aliphatic rings. The number of halogens is 2. The molecule has 1 aliphatic carbocycles. The standard InChI is InChI=1S/C27H19Br2N3O4S/c28-21-10-16(11-22(29)24(21)36-14-15-5-7-17(8-6-15)27(34)35)9-18(12-30)25(33)32-26-20(13-31)19-3-1-2-4-23(19)37-26/h5-11H,1-4,14H2,(H,32,33)(H,34,35)/b18-9+. The van der Waals surface area contributed by atoms with E-state index >= 15 is 0 Å². The Morgan fingerprint density at radius 1 is 1.11 bits per heavy atom. The van der Waals surface area contributed by atoms with Gasteiger partial charge in [0, 0.05) is 4.88 Å². The van der Waals surface area contributed by atoms with Crippen molar-refractivity contribution in [1.29, 1.82) is 10.5 Å². The van der Waals surface area contributed by atoms with Crippen molar-refractivity contribution in [3.05, 3.63) is 83.6 Å². The highest BCUT2D eigenvalue weighted by atomic mass is 79.9. The van der Waals surface area contributed by atoms with Crippen molar-refractivity contribution < 1.29 is 19.4 Å². The minimum absolute atomic E-state index is 0.0961. The molecule has 1 aromatic heterocycles. The van der Waals surface area contributed by atoms with Crippen LogP contribution in [0.5, 0.6) is 5.75 Å². The number of fused-ring (bicyclic) bond motifs is 1. The molecule has 2 N–H and O–H groups in total. The van der Waals surface area contributed by atoms with Crippen LogP contribution in [0.25, 0.3) is 6.08 Å². The van der Waals surface area contributed by atoms with E-state index in [0.29, 0.717) is 30.8 Å². The van der Waals surface area contributed by atoms with Crippen LogP contribution in [0.3, 0.4) is 0 Å². The molecule has 0 aliphatic heterocycles. The van der Waals surface area contributed by atoms with Crippen molar-refractivity contribution in [1.82, 2.24) is 0 Å². The number of carbonyl (C=O) groups is 2. The molecule has 0 saturated heterocycles. The molecule has 4 rings (SSSR count). The lowest BCUT2D eigenvalue weighted by atomic mass is 9.96. The summed E-state index contributed by atoms with van der Waals surface area (Å²) in [7, 11) is 0. The van der Waals surface area contributed by atoms with Crippen LogP contribution in [0.1, 0.15) is 50.3 Å². The minimum Gasteiger partial charge on any atom is -0.487 e. The maximum Gasteiger partial charge on any atom is 0.335 e. The van der Waals surface area contributed by atoms with Crippen LogP contribution < -0.4 is 10.1 Å². The minimum atomic E-state index is -0.993. The van der Waals surface area contributed by atoms with Crippen LogP contribution in [-0.2, 0) is 24.2 Å². The van der Waals surface area contributed by atoms with E-state index in [1.807, 2.05) is 6.07 Å². The summed E-state index contributed by atoms with van der Waals surface area (Å²) in [5.74, 6) is -1.05. The first kappa shape index (κ1) is 26.6. The Hall–Kier alpha value is -3.44. The summed E-state index contributed by atoms with van der Waals surface area (Å²) in [6, 6.07) is 14.0. The number of nitrogens with one attached hydrogen (secondary N) is 1. The van der Waals surface area contributed by atoms with Crippen LogP contribution >= 0.6 is 43.2 Å². The van der Waals surface area contributed by atoms with Gasteiger partial charge in [-0.3, -0.25) is 4.79 Å². The predicted octanol–water partition coefficient (Wildman–Crippen LogP) is 6.85. The van der Waals surface area contributed by atoms with Crippen LogP contribution in [0.4, 0.5) is 5.00 Å². The summed E-state index contributed by atoms with van der Waals surface area (Å²) in [6.07, 6.45) is 5.29. The summed E-state index contributed by atoms with van der Waals surface area (Å²) >= 11 is 8.36. The fourth-order valence-corrected chi connectivity index (χ4v) is 6.64. The third-order valence-electron chi connectivity index (χ3n) is 5.79. The number of aromatic carboxylic acids is 1. The molecule has 0 saturated carbocycles. The fourth-order valence-electron chi connectivity index (χ4n) is 3.96. The van der Waals surface area contributed by atoms with Crippen LogP contribution in [0, 0.1) is 22.7 Å². The molecule has 0 fully saturated rings. The normalized spacial score (nSPS) is 12.7. The van der Waals surface area contributed by atoms with Gasteiger partial charge >= 0.3 is 5.97 Å². The van der Waals surface area contributed by atoms with Crippen molar-refractivity contribution in [2.75, 3.05) is 5.32 Å². The fraction of sp³-hybridized carbons (Fsp3) is 0.185. The first-order valence-electron chi connectivity index (χ1n) is 11.2. The zero-order valence-electron chi connectivity index (χ0n) is 19.3. The number of aryl methyl sites for hydroxylation is 1. The van der Waals surface area contributed by atoms with Crippen molar-refractivity contribution in [3.8, 4) is 17.9 Å². The molecule has 0 spiro atoms. The Labute approximate surface area is 234 Å². The van der Waals surface area contributed by atoms with Crippen molar-refractivity contribution in [3.63, 3.8) is 0 Å². The SMILES string of the molecule is N#C/C(=C\c1cc(Br)c(OCc2ccc(C(=O)O)cc2)c(Br)c1)C(=O)Nc1sc2c(c1C#N)CCCC2. The lowest BCUT2D eigenvalue weighted by molar-refractivity contribution is -0.112. The van der Waals surface area contributed by atoms with Gasteiger partial charge in [0.15, 0.2) is 0 Å². The smallest absolute Gasteiger partial charge is 0.335 e. The zero-order chi connectivity index (χ0) is 26.5. The zero-order valence-corrected chi connectivity index (χ0v) is 23.3. The number of benzene rings is 2. The summed E-state index contributed by atoms with van der Waals surface area (Å²) in [5, 5.41) is 31.6. The molecule has 7 nitrogen and oxygen atoms in total. The van der Waals surface area contributed by atoms with E-state index < -0.39 is 11.9 Å². The molecule has 186 valence electrons. The van der Waals surface area contributed by atoms with Crippen molar-refractivity contribution >= 4 is 66.2 Å².